The number of hydrogen-bond donors (Lipinski definition) is 0. The molecular weight excluding hydrogens is 372 g/mol. The highest BCUT2D eigenvalue weighted by Crippen LogP contribution is 2.24. The van der Waals surface area contributed by atoms with E-state index in [9.17, 15) is 9.59 Å². The summed E-state index contributed by atoms with van der Waals surface area (Å²) in [6.45, 7) is 5.92. The molecule has 2 aromatic rings. The van der Waals surface area contributed by atoms with Gasteiger partial charge in [0, 0.05) is 38.9 Å². The average Bonchev–Trinajstić information content (AvgIpc) is 3.15. The van der Waals surface area contributed by atoms with E-state index in [0.29, 0.717) is 30.9 Å². The molecule has 0 saturated carbocycles. The van der Waals surface area contributed by atoms with Crippen molar-refractivity contribution >= 4 is 11.6 Å². The minimum atomic E-state index is -0.396. The van der Waals surface area contributed by atoms with Gasteiger partial charge in [0.2, 0.25) is 0 Å². The number of rotatable bonds is 12. The van der Waals surface area contributed by atoms with Crippen molar-refractivity contribution in [3.8, 4) is 0 Å². The molecule has 0 aliphatic carbocycles. The lowest BCUT2D eigenvalue weighted by molar-refractivity contribution is -0.201. The molecule has 0 amide bonds. The standard InChI is InChI=1S/C22H30N2O5/c1-15(10-16(2)25)20-12-22(29-23-20)17(3)21(26)11-18-6-8-19(9-7-18)13-27-14-28-24(4)5/h6-9,12,15,17H,10-11,13-14H2,1-5H3/t15-,17+/m1/s1. The maximum Gasteiger partial charge on any atom is 0.167 e. The second-order valence-electron chi connectivity index (χ2n) is 7.55. The number of nitrogens with zero attached hydrogens (tertiary/aromatic N) is 2. The van der Waals surface area contributed by atoms with Gasteiger partial charge in [0.25, 0.3) is 0 Å². The maximum atomic E-state index is 12.6. The molecule has 7 nitrogen and oxygen atoms in total. The molecule has 7 heteroatoms. The molecule has 0 saturated heterocycles. The molecule has 0 N–H and O–H groups in total. The van der Waals surface area contributed by atoms with Crippen molar-refractivity contribution in [3.63, 3.8) is 0 Å². The van der Waals surface area contributed by atoms with Gasteiger partial charge in [-0.15, -0.1) is 0 Å². The summed E-state index contributed by atoms with van der Waals surface area (Å²) >= 11 is 0. The van der Waals surface area contributed by atoms with Gasteiger partial charge in [0.15, 0.2) is 6.79 Å². The van der Waals surface area contributed by atoms with Gasteiger partial charge in [-0.25, -0.2) is 0 Å². The molecule has 1 aromatic heterocycles. The zero-order valence-electron chi connectivity index (χ0n) is 17.8. The van der Waals surface area contributed by atoms with Gasteiger partial charge in [-0.2, -0.15) is 5.06 Å². The zero-order chi connectivity index (χ0) is 21.4. The maximum absolute atomic E-state index is 12.6. The second-order valence-corrected chi connectivity index (χ2v) is 7.55. The first-order chi connectivity index (χ1) is 13.8. The Morgan fingerprint density at radius 1 is 1.14 bits per heavy atom. The first kappa shape index (κ1) is 22.9. The van der Waals surface area contributed by atoms with Gasteiger partial charge < -0.3 is 14.1 Å². The Morgan fingerprint density at radius 3 is 2.41 bits per heavy atom. The number of ketones is 2. The van der Waals surface area contributed by atoms with E-state index in [0.717, 1.165) is 11.1 Å². The van der Waals surface area contributed by atoms with Crippen LogP contribution in [0.15, 0.2) is 34.9 Å². The fraction of sp³-hybridized carbons (Fsp3) is 0.500. The highest BCUT2D eigenvalue weighted by molar-refractivity contribution is 5.86. The number of benzene rings is 1. The Kier molecular flexibility index (Phi) is 8.70. The van der Waals surface area contributed by atoms with Crippen molar-refractivity contribution in [1.82, 2.24) is 10.2 Å². The van der Waals surface area contributed by atoms with Crippen LogP contribution in [0.3, 0.4) is 0 Å². The lowest BCUT2D eigenvalue weighted by atomic mass is 9.95. The largest absolute Gasteiger partial charge is 0.360 e. The van der Waals surface area contributed by atoms with Crippen molar-refractivity contribution in [2.75, 3.05) is 20.9 Å². The fourth-order valence-corrected chi connectivity index (χ4v) is 2.84. The van der Waals surface area contributed by atoms with Crippen molar-refractivity contribution in [2.45, 2.75) is 52.1 Å². The third kappa shape index (κ3) is 7.53. The molecule has 0 bridgehead atoms. The average molecular weight is 402 g/mol. The van der Waals surface area contributed by atoms with Crippen LogP contribution in [0.1, 0.15) is 61.6 Å². The van der Waals surface area contributed by atoms with Crippen molar-refractivity contribution < 1.29 is 23.7 Å². The summed E-state index contributed by atoms with van der Waals surface area (Å²) in [5.74, 6) is 0.268. The van der Waals surface area contributed by atoms with Gasteiger partial charge in [-0.1, -0.05) is 36.3 Å². The molecule has 0 unspecified atom stereocenters. The van der Waals surface area contributed by atoms with Gasteiger partial charge in [0.1, 0.15) is 17.3 Å². The SMILES string of the molecule is CC(=O)C[C@@H](C)c1cc([C@@H](C)C(=O)Cc2ccc(COCON(C)C)cc2)on1. The molecule has 0 aliphatic heterocycles. The van der Waals surface area contributed by atoms with Crippen LogP contribution < -0.4 is 0 Å². The van der Waals surface area contributed by atoms with Crippen LogP contribution in [0, 0.1) is 0 Å². The summed E-state index contributed by atoms with van der Waals surface area (Å²) in [5.41, 5.74) is 2.65. The van der Waals surface area contributed by atoms with Gasteiger partial charge >= 0.3 is 0 Å². The fourth-order valence-electron chi connectivity index (χ4n) is 2.84. The summed E-state index contributed by atoms with van der Waals surface area (Å²) in [5, 5.41) is 5.61. The predicted molar refractivity (Wildman–Crippen MR) is 108 cm³/mol. The van der Waals surface area contributed by atoms with E-state index in [1.165, 1.54) is 0 Å². The molecule has 29 heavy (non-hydrogen) atoms. The topological polar surface area (TPSA) is 81.9 Å². The lowest BCUT2D eigenvalue weighted by Crippen LogP contribution is -2.14. The van der Waals surface area contributed by atoms with Crippen molar-refractivity contribution in [3.05, 3.63) is 52.9 Å². The van der Waals surface area contributed by atoms with Crippen molar-refractivity contribution in [2.24, 2.45) is 0 Å². The van der Waals surface area contributed by atoms with E-state index < -0.39 is 5.92 Å². The van der Waals surface area contributed by atoms with Crippen LogP contribution in [0.4, 0.5) is 0 Å². The molecule has 0 radical (unpaired) electrons. The van der Waals surface area contributed by atoms with Gasteiger partial charge in [-0.05, 0) is 25.0 Å². The predicted octanol–water partition coefficient (Wildman–Crippen LogP) is 3.64. The number of carbonyl (C=O) groups excluding carboxylic acids is 2. The van der Waals surface area contributed by atoms with Crippen LogP contribution in [-0.4, -0.2) is 42.7 Å². The summed E-state index contributed by atoms with van der Waals surface area (Å²) in [7, 11) is 3.59. The van der Waals surface area contributed by atoms with Gasteiger partial charge in [-0.3, -0.25) is 9.63 Å². The van der Waals surface area contributed by atoms with Crippen molar-refractivity contribution in [1.29, 1.82) is 0 Å². The molecule has 2 rings (SSSR count). The van der Waals surface area contributed by atoms with Crippen LogP contribution in [0.2, 0.25) is 0 Å². The molecular formula is C22H30N2O5. The quantitative estimate of drug-likeness (QED) is 0.304. The third-order valence-electron chi connectivity index (χ3n) is 4.62. The number of aromatic nitrogens is 1. The van der Waals surface area contributed by atoms with E-state index in [1.807, 2.05) is 38.1 Å². The molecule has 0 spiro atoms. The summed E-state index contributed by atoms with van der Waals surface area (Å²) < 4.78 is 10.8. The third-order valence-corrected chi connectivity index (χ3v) is 4.62. The first-order valence-electron chi connectivity index (χ1n) is 9.70. The Bertz CT molecular complexity index is 798. The van der Waals surface area contributed by atoms with E-state index in [4.69, 9.17) is 14.1 Å². The first-order valence-corrected chi connectivity index (χ1v) is 9.70. The minimum Gasteiger partial charge on any atom is -0.360 e. The zero-order valence-corrected chi connectivity index (χ0v) is 17.8. The highest BCUT2D eigenvalue weighted by atomic mass is 16.8. The number of Topliss-reactive ketones (excluding diaryl/α,β-unsaturated/α-hetero) is 2. The molecule has 158 valence electrons. The van der Waals surface area contributed by atoms with E-state index in [-0.39, 0.29) is 24.3 Å². The molecule has 1 heterocycles. The minimum absolute atomic E-state index is 0.0230. The number of hydrogen-bond acceptors (Lipinski definition) is 7. The monoisotopic (exact) mass is 402 g/mol. The summed E-state index contributed by atoms with van der Waals surface area (Å²) in [6.07, 6.45) is 0.719. The van der Waals surface area contributed by atoms with Crippen LogP contribution in [-0.2, 0) is 32.2 Å². The Hall–Kier alpha value is -2.35. The molecule has 0 fully saturated rings. The van der Waals surface area contributed by atoms with Crippen LogP contribution in [0.5, 0.6) is 0 Å². The highest BCUT2D eigenvalue weighted by Gasteiger charge is 2.22. The molecule has 1 aromatic carbocycles. The normalized spacial score (nSPS) is 13.4. The lowest BCUT2D eigenvalue weighted by Gasteiger charge is -2.11. The van der Waals surface area contributed by atoms with E-state index in [1.54, 1.807) is 32.1 Å². The Labute approximate surface area is 171 Å². The number of ether oxygens (including phenoxy) is 1. The van der Waals surface area contributed by atoms with Gasteiger partial charge in [0.05, 0.1) is 18.2 Å². The number of hydroxylamine groups is 2. The Balaban J connectivity index is 1.87. The van der Waals surface area contributed by atoms with Crippen LogP contribution in [0.25, 0.3) is 0 Å². The molecule has 0 aliphatic rings. The van der Waals surface area contributed by atoms with Crippen LogP contribution >= 0.6 is 0 Å². The summed E-state index contributed by atoms with van der Waals surface area (Å²) in [4.78, 5) is 29.1. The second kappa shape index (κ2) is 11.0. The Morgan fingerprint density at radius 2 is 1.79 bits per heavy atom. The molecule has 2 atom stereocenters. The smallest absolute Gasteiger partial charge is 0.167 e. The summed E-state index contributed by atoms with van der Waals surface area (Å²) in [6, 6.07) is 9.53. The number of carbonyl (C=O) groups is 2. The van der Waals surface area contributed by atoms with E-state index in [2.05, 4.69) is 5.16 Å². The van der Waals surface area contributed by atoms with E-state index >= 15 is 0 Å².